The Bertz CT molecular complexity index is 1730. The number of aryl methyl sites for hydroxylation is 1. The predicted octanol–water partition coefficient (Wildman–Crippen LogP) is 6.65. The summed E-state index contributed by atoms with van der Waals surface area (Å²) in [7, 11) is -4.26. The number of amides is 2. The van der Waals surface area contributed by atoms with Crippen molar-refractivity contribution in [2.24, 2.45) is 5.92 Å². The number of para-hydroxylation sites is 2. The Hall–Kier alpha value is -4.34. The zero-order valence-electron chi connectivity index (χ0n) is 27.2. The highest BCUT2D eigenvalue weighted by Gasteiger charge is 2.35. The fourth-order valence-corrected chi connectivity index (χ4v) is 6.61. The number of ether oxygens (including phenoxy) is 1. The topological polar surface area (TPSA) is 96.0 Å². The molecule has 4 aromatic carbocycles. The number of carbonyl (C=O) groups is 2. The van der Waals surface area contributed by atoms with E-state index in [0.29, 0.717) is 23.9 Å². The fraction of sp³-hybridized carbons (Fsp3) is 0.297. The average Bonchev–Trinajstić information content (AvgIpc) is 3.06. The lowest BCUT2D eigenvalue weighted by molar-refractivity contribution is -0.140. The molecule has 1 atom stereocenters. The molecular weight excluding hydrogens is 634 g/mol. The molecule has 0 aliphatic heterocycles. The van der Waals surface area contributed by atoms with E-state index in [0.717, 1.165) is 21.0 Å². The van der Waals surface area contributed by atoms with Crippen molar-refractivity contribution in [1.82, 2.24) is 10.2 Å². The van der Waals surface area contributed by atoms with E-state index in [4.69, 9.17) is 16.3 Å². The Balaban J connectivity index is 1.83. The molecule has 0 radical (unpaired) electrons. The predicted molar refractivity (Wildman–Crippen MR) is 187 cm³/mol. The molecule has 0 bridgehead atoms. The van der Waals surface area contributed by atoms with Crippen molar-refractivity contribution in [1.29, 1.82) is 0 Å². The van der Waals surface area contributed by atoms with Crippen LogP contribution in [0.2, 0.25) is 5.02 Å². The van der Waals surface area contributed by atoms with Crippen molar-refractivity contribution in [2.45, 2.75) is 51.6 Å². The molecule has 0 saturated carbocycles. The third kappa shape index (κ3) is 9.59. The molecular formula is C37H42ClN3O5S. The number of anilines is 1. The molecule has 0 fully saturated rings. The second-order valence-electron chi connectivity index (χ2n) is 11.7. The highest BCUT2D eigenvalue weighted by Crippen LogP contribution is 2.33. The summed E-state index contributed by atoms with van der Waals surface area (Å²) in [6, 6.07) is 28.7. The van der Waals surface area contributed by atoms with Crippen LogP contribution in [0.25, 0.3) is 0 Å². The van der Waals surface area contributed by atoms with E-state index in [1.165, 1.54) is 17.0 Å². The van der Waals surface area contributed by atoms with Crippen LogP contribution in [0.15, 0.2) is 108 Å². The van der Waals surface area contributed by atoms with Gasteiger partial charge in [-0.05, 0) is 67.3 Å². The smallest absolute Gasteiger partial charge is 0.264 e. The van der Waals surface area contributed by atoms with Gasteiger partial charge in [0, 0.05) is 24.5 Å². The van der Waals surface area contributed by atoms with Crippen molar-refractivity contribution >= 4 is 39.1 Å². The minimum Gasteiger partial charge on any atom is -0.492 e. The fourth-order valence-electron chi connectivity index (χ4n) is 5.05. The first-order valence-electron chi connectivity index (χ1n) is 15.7. The first-order chi connectivity index (χ1) is 22.5. The second kappa shape index (κ2) is 16.5. The lowest BCUT2D eigenvalue weighted by Crippen LogP contribution is -2.53. The van der Waals surface area contributed by atoms with Crippen LogP contribution in [0.1, 0.15) is 37.5 Å². The highest BCUT2D eigenvalue weighted by molar-refractivity contribution is 7.92. The number of hydrogen-bond acceptors (Lipinski definition) is 5. The summed E-state index contributed by atoms with van der Waals surface area (Å²) >= 11 is 6.17. The molecule has 2 amide bonds. The van der Waals surface area contributed by atoms with E-state index < -0.39 is 28.5 Å². The maximum absolute atomic E-state index is 14.6. The summed E-state index contributed by atoms with van der Waals surface area (Å²) in [5.41, 5.74) is 2.71. The molecule has 0 saturated heterocycles. The van der Waals surface area contributed by atoms with E-state index in [1.54, 1.807) is 67.6 Å². The van der Waals surface area contributed by atoms with Gasteiger partial charge in [-0.25, -0.2) is 8.42 Å². The van der Waals surface area contributed by atoms with Gasteiger partial charge < -0.3 is 15.0 Å². The summed E-state index contributed by atoms with van der Waals surface area (Å²) in [5.74, 6) is -0.379. The third-order valence-electron chi connectivity index (χ3n) is 7.54. The average molecular weight is 676 g/mol. The quantitative estimate of drug-likeness (QED) is 0.152. The van der Waals surface area contributed by atoms with Crippen LogP contribution >= 0.6 is 11.6 Å². The number of halogens is 1. The van der Waals surface area contributed by atoms with Gasteiger partial charge >= 0.3 is 0 Å². The Morgan fingerprint density at radius 2 is 1.49 bits per heavy atom. The second-order valence-corrected chi connectivity index (χ2v) is 14.0. The van der Waals surface area contributed by atoms with Crippen molar-refractivity contribution in [3.8, 4) is 5.75 Å². The summed E-state index contributed by atoms with van der Waals surface area (Å²) < 4.78 is 35.6. The molecule has 4 rings (SSSR count). The molecule has 10 heteroatoms. The van der Waals surface area contributed by atoms with Gasteiger partial charge in [0.05, 0.1) is 17.2 Å². The summed E-state index contributed by atoms with van der Waals surface area (Å²) in [6.45, 7) is 7.85. The number of rotatable bonds is 15. The van der Waals surface area contributed by atoms with Gasteiger partial charge in [0.2, 0.25) is 11.8 Å². The van der Waals surface area contributed by atoms with Gasteiger partial charge in [-0.15, -0.1) is 0 Å². The van der Waals surface area contributed by atoms with Crippen LogP contribution in [-0.4, -0.2) is 50.9 Å². The van der Waals surface area contributed by atoms with E-state index in [-0.39, 0.29) is 35.4 Å². The van der Waals surface area contributed by atoms with E-state index in [9.17, 15) is 18.0 Å². The Morgan fingerprint density at radius 3 is 2.13 bits per heavy atom. The van der Waals surface area contributed by atoms with Gasteiger partial charge in [-0.1, -0.05) is 97.7 Å². The SMILES string of the molecule is CCOc1ccccc1N(CC(=O)N(Cc1ccc(Cl)cc1)[C@@H](Cc1ccccc1)C(=O)NCC(C)C)S(=O)(=O)c1ccc(C)cc1. The molecule has 47 heavy (non-hydrogen) atoms. The minimum atomic E-state index is -4.26. The van der Waals surface area contributed by atoms with Crippen LogP contribution in [0, 0.1) is 12.8 Å². The third-order valence-corrected chi connectivity index (χ3v) is 9.57. The molecule has 0 aromatic heterocycles. The van der Waals surface area contributed by atoms with Crippen LogP contribution in [-0.2, 0) is 32.6 Å². The number of benzene rings is 4. The Kier molecular flexibility index (Phi) is 12.4. The lowest BCUT2D eigenvalue weighted by atomic mass is 10.0. The molecule has 0 spiro atoms. The Labute approximate surface area is 283 Å². The minimum absolute atomic E-state index is 0.0296. The summed E-state index contributed by atoms with van der Waals surface area (Å²) in [6.07, 6.45) is 0.227. The molecule has 0 unspecified atom stereocenters. The number of sulfonamides is 1. The highest BCUT2D eigenvalue weighted by atomic mass is 35.5. The molecule has 0 aliphatic rings. The van der Waals surface area contributed by atoms with Crippen molar-refractivity contribution < 1.29 is 22.7 Å². The lowest BCUT2D eigenvalue weighted by Gasteiger charge is -2.34. The molecule has 0 aliphatic carbocycles. The zero-order valence-corrected chi connectivity index (χ0v) is 28.8. The van der Waals surface area contributed by atoms with Gasteiger partial charge in [-0.2, -0.15) is 0 Å². The van der Waals surface area contributed by atoms with E-state index in [1.807, 2.05) is 51.1 Å². The van der Waals surface area contributed by atoms with Gasteiger partial charge in [-0.3, -0.25) is 13.9 Å². The Morgan fingerprint density at radius 1 is 0.851 bits per heavy atom. The summed E-state index contributed by atoms with van der Waals surface area (Å²) in [4.78, 5) is 30.1. The van der Waals surface area contributed by atoms with Gasteiger partial charge in [0.25, 0.3) is 10.0 Å². The maximum atomic E-state index is 14.6. The molecule has 1 N–H and O–H groups in total. The largest absolute Gasteiger partial charge is 0.492 e. The zero-order chi connectivity index (χ0) is 34.0. The number of nitrogens with one attached hydrogen (secondary N) is 1. The van der Waals surface area contributed by atoms with Crippen LogP contribution in [0.5, 0.6) is 5.75 Å². The molecule has 0 heterocycles. The summed E-state index contributed by atoms with van der Waals surface area (Å²) in [5, 5.41) is 3.53. The van der Waals surface area contributed by atoms with Crippen molar-refractivity contribution in [3.05, 3.63) is 125 Å². The maximum Gasteiger partial charge on any atom is 0.264 e. The monoisotopic (exact) mass is 675 g/mol. The first-order valence-corrected chi connectivity index (χ1v) is 17.5. The van der Waals surface area contributed by atoms with E-state index >= 15 is 0 Å². The number of hydrogen-bond donors (Lipinski definition) is 1. The van der Waals surface area contributed by atoms with Crippen LogP contribution < -0.4 is 14.4 Å². The molecule has 8 nitrogen and oxygen atoms in total. The van der Waals surface area contributed by atoms with Crippen molar-refractivity contribution in [2.75, 3.05) is 24.0 Å². The van der Waals surface area contributed by atoms with Gasteiger partial charge in [0.15, 0.2) is 0 Å². The standard InChI is InChI=1S/C37H42ClN3O5S/c1-5-46-35-14-10-9-13-33(35)41(47(44,45)32-21-15-28(4)16-22-32)26-36(42)40(25-30-17-19-31(38)20-18-30)34(37(43)39-24-27(2)3)23-29-11-7-6-8-12-29/h6-22,27,34H,5,23-26H2,1-4H3,(H,39,43)/t34-/m0/s1. The number of carbonyl (C=O) groups excluding carboxylic acids is 2. The number of nitrogens with zero attached hydrogens (tertiary/aromatic N) is 2. The van der Waals surface area contributed by atoms with Crippen LogP contribution in [0.4, 0.5) is 5.69 Å². The first kappa shape index (κ1) is 35.5. The van der Waals surface area contributed by atoms with E-state index in [2.05, 4.69) is 5.32 Å². The molecule has 248 valence electrons. The normalized spacial score (nSPS) is 12.0. The van der Waals surface area contributed by atoms with Crippen LogP contribution in [0.3, 0.4) is 0 Å². The van der Waals surface area contributed by atoms with Crippen molar-refractivity contribution in [3.63, 3.8) is 0 Å². The van der Waals surface area contributed by atoms with Gasteiger partial charge in [0.1, 0.15) is 18.3 Å². The molecule has 4 aromatic rings.